The molecule has 0 spiro atoms. The van der Waals surface area contributed by atoms with Crippen LogP contribution in [0.2, 0.25) is 0 Å². The van der Waals surface area contributed by atoms with Crippen LogP contribution in [0.4, 0.5) is 0 Å². The van der Waals surface area contributed by atoms with E-state index in [0.717, 1.165) is 36.8 Å². The van der Waals surface area contributed by atoms with Crippen LogP contribution >= 0.6 is 0 Å². The molecule has 0 saturated carbocycles. The average Bonchev–Trinajstić information content (AvgIpc) is 3.25. The van der Waals surface area contributed by atoms with Gasteiger partial charge in [-0.2, -0.15) is 0 Å². The van der Waals surface area contributed by atoms with Crippen molar-refractivity contribution in [3.8, 4) is 5.75 Å². The number of aryl methyl sites for hydroxylation is 1. The molecule has 2 atom stereocenters. The van der Waals surface area contributed by atoms with Gasteiger partial charge >= 0.3 is 0 Å². The number of hydrogen-bond acceptors (Lipinski definition) is 4. The molecule has 1 heterocycles. The second kappa shape index (κ2) is 11.0. The zero-order valence-corrected chi connectivity index (χ0v) is 18.5. The van der Waals surface area contributed by atoms with Crippen molar-refractivity contribution in [2.24, 2.45) is 4.99 Å². The van der Waals surface area contributed by atoms with Gasteiger partial charge in [-0.25, -0.2) is 0 Å². The predicted molar refractivity (Wildman–Crippen MR) is 122 cm³/mol. The van der Waals surface area contributed by atoms with Gasteiger partial charge in [0.15, 0.2) is 5.96 Å². The molecule has 2 aromatic carbocycles. The van der Waals surface area contributed by atoms with Crippen LogP contribution in [0.3, 0.4) is 0 Å². The van der Waals surface area contributed by atoms with E-state index in [1.807, 2.05) is 6.07 Å². The number of nitrogens with zero attached hydrogens (tertiary/aromatic N) is 2. The van der Waals surface area contributed by atoms with Gasteiger partial charge in [-0.15, -0.1) is 0 Å². The van der Waals surface area contributed by atoms with Gasteiger partial charge in [0.2, 0.25) is 0 Å². The van der Waals surface area contributed by atoms with Gasteiger partial charge in [-0.1, -0.05) is 42.5 Å². The number of likely N-dealkylation sites (N-methyl/N-ethyl adjacent to an activating group) is 1. The molecule has 1 saturated heterocycles. The third-order valence-electron chi connectivity index (χ3n) is 5.34. The standard InChI is InChI=1S/C24H34N4O2/c1-18-10-11-20(23(14-18)30-21-12-13-29-17-21)15-26-24(25-2)27-16-22(28(3)4)19-8-6-5-7-9-19/h5-11,14,21-22H,12-13,15-17H2,1-4H3,(H2,25,26,27). The first kappa shape index (κ1) is 22.1. The van der Waals surface area contributed by atoms with Crippen LogP contribution in [0.15, 0.2) is 53.5 Å². The van der Waals surface area contributed by atoms with Crippen LogP contribution < -0.4 is 15.4 Å². The third-order valence-corrected chi connectivity index (χ3v) is 5.34. The van der Waals surface area contributed by atoms with Crippen LogP contribution in [0, 0.1) is 6.92 Å². The fourth-order valence-electron chi connectivity index (χ4n) is 3.57. The summed E-state index contributed by atoms with van der Waals surface area (Å²) in [6.07, 6.45) is 1.07. The second-order valence-electron chi connectivity index (χ2n) is 7.91. The SMILES string of the molecule is CN=C(NCc1ccc(C)cc1OC1CCOC1)NCC(c1ccccc1)N(C)C. The van der Waals surface area contributed by atoms with E-state index in [4.69, 9.17) is 9.47 Å². The minimum atomic E-state index is 0.134. The molecule has 2 unspecified atom stereocenters. The lowest BCUT2D eigenvalue weighted by Gasteiger charge is -2.26. The molecule has 1 aliphatic rings. The molecule has 1 fully saturated rings. The fraction of sp³-hybridized carbons (Fsp3) is 0.458. The van der Waals surface area contributed by atoms with Crippen molar-refractivity contribution >= 4 is 5.96 Å². The summed E-state index contributed by atoms with van der Waals surface area (Å²) in [6, 6.07) is 17.1. The summed E-state index contributed by atoms with van der Waals surface area (Å²) in [6.45, 7) is 4.92. The highest BCUT2D eigenvalue weighted by Gasteiger charge is 2.19. The zero-order valence-electron chi connectivity index (χ0n) is 18.5. The van der Waals surface area contributed by atoms with Crippen LogP contribution in [-0.2, 0) is 11.3 Å². The van der Waals surface area contributed by atoms with Crippen molar-refractivity contribution in [2.45, 2.75) is 32.0 Å². The van der Waals surface area contributed by atoms with Gasteiger partial charge in [-0.05, 0) is 38.2 Å². The maximum Gasteiger partial charge on any atom is 0.191 e. The summed E-state index contributed by atoms with van der Waals surface area (Å²) in [4.78, 5) is 6.61. The highest BCUT2D eigenvalue weighted by molar-refractivity contribution is 5.79. The molecule has 2 N–H and O–H groups in total. The Morgan fingerprint density at radius 3 is 2.67 bits per heavy atom. The zero-order chi connectivity index (χ0) is 21.3. The monoisotopic (exact) mass is 410 g/mol. The van der Waals surface area contributed by atoms with E-state index < -0.39 is 0 Å². The highest BCUT2D eigenvalue weighted by Crippen LogP contribution is 2.24. The van der Waals surface area contributed by atoms with Crippen molar-refractivity contribution in [3.05, 3.63) is 65.2 Å². The summed E-state index contributed by atoms with van der Waals surface area (Å²) in [5.74, 6) is 1.69. The van der Waals surface area contributed by atoms with Crippen LogP contribution in [-0.4, -0.2) is 57.9 Å². The Morgan fingerprint density at radius 2 is 2.00 bits per heavy atom. The van der Waals surface area contributed by atoms with Gasteiger partial charge < -0.3 is 25.0 Å². The number of ether oxygens (including phenoxy) is 2. The van der Waals surface area contributed by atoms with E-state index in [0.29, 0.717) is 13.2 Å². The van der Waals surface area contributed by atoms with Crippen molar-refractivity contribution in [1.82, 2.24) is 15.5 Å². The summed E-state index contributed by atoms with van der Waals surface area (Å²) < 4.78 is 11.7. The average molecular weight is 411 g/mol. The molecule has 0 bridgehead atoms. The van der Waals surface area contributed by atoms with Gasteiger partial charge in [0.25, 0.3) is 0 Å². The molecule has 0 radical (unpaired) electrons. The molecular weight excluding hydrogens is 376 g/mol. The maximum atomic E-state index is 6.21. The summed E-state index contributed by atoms with van der Waals surface area (Å²) in [5.41, 5.74) is 3.58. The maximum absolute atomic E-state index is 6.21. The molecule has 3 rings (SSSR count). The van der Waals surface area contributed by atoms with Crippen molar-refractivity contribution in [1.29, 1.82) is 0 Å². The first-order chi connectivity index (χ1) is 14.6. The van der Waals surface area contributed by atoms with Gasteiger partial charge in [0, 0.05) is 32.1 Å². The lowest BCUT2D eigenvalue weighted by molar-refractivity contribution is 0.140. The van der Waals surface area contributed by atoms with Gasteiger partial charge in [0.1, 0.15) is 11.9 Å². The number of guanidine groups is 1. The molecule has 30 heavy (non-hydrogen) atoms. The van der Waals surface area contributed by atoms with E-state index >= 15 is 0 Å². The van der Waals surface area contributed by atoms with E-state index in [-0.39, 0.29) is 12.1 Å². The van der Waals surface area contributed by atoms with Crippen LogP contribution in [0.25, 0.3) is 0 Å². The Morgan fingerprint density at radius 1 is 1.20 bits per heavy atom. The Kier molecular flexibility index (Phi) is 8.11. The Balaban J connectivity index is 1.60. The smallest absolute Gasteiger partial charge is 0.191 e. The number of aliphatic imine (C=N–C) groups is 1. The first-order valence-corrected chi connectivity index (χ1v) is 10.6. The molecule has 0 amide bonds. The van der Waals surface area contributed by atoms with Crippen LogP contribution in [0.1, 0.15) is 29.2 Å². The Hall–Kier alpha value is -2.57. The van der Waals surface area contributed by atoms with Crippen molar-refractivity contribution in [3.63, 3.8) is 0 Å². The lowest BCUT2D eigenvalue weighted by Crippen LogP contribution is -2.41. The summed E-state index contributed by atoms with van der Waals surface area (Å²) in [7, 11) is 5.99. The second-order valence-corrected chi connectivity index (χ2v) is 7.91. The summed E-state index contributed by atoms with van der Waals surface area (Å²) in [5, 5.41) is 6.89. The Bertz CT molecular complexity index is 817. The number of hydrogen-bond donors (Lipinski definition) is 2. The van der Waals surface area contributed by atoms with E-state index in [9.17, 15) is 0 Å². The van der Waals surface area contributed by atoms with Crippen LogP contribution in [0.5, 0.6) is 5.75 Å². The molecule has 6 nitrogen and oxygen atoms in total. The minimum absolute atomic E-state index is 0.134. The van der Waals surface area contributed by atoms with Crippen molar-refractivity contribution in [2.75, 3.05) is 40.9 Å². The first-order valence-electron chi connectivity index (χ1n) is 10.6. The summed E-state index contributed by atoms with van der Waals surface area (Å²) >= 11 is 0. The number of benzene rings is 2. The molecule has 2 aromatic rings. The molecule has 0 aliphatic carbocycles. The molecule has 0 aromatic heterocycles. The third kappa shape index (κ3) is 6.21. The predicted octanol–water partition coefficient (Wildman–Crippen LogP) is 3.13. The highest BCUT2D eigenvalue weighted by atomic mass is 16.5. The molecule has 162 valence electrons. The van der Waals surface area contributed by atoms with E-state index in [2.05, 4.69) is 84.0 Å². The largest absolute Gasteiger partial charge is 0.488 e. The van der Waals surface area contributed by atoms with E-state index in [1.165, 1.54) is 11.1 Å². The molecule has 1 aliphatic heterocycles. The van der Waals surface area contributed by atoms with Crippen molar-refractivity contribution < 1.29 is 9.47 Å². The van der Waals surface area contributed by atoms with Gasteiger partial charge in [0.05, 0.1) is 19.3 Å². The number of rotatable bonds is 8. The lowest BCUT2D eigenvalue weighted by atomic mass is 10.1. The normalized spacial score (nSPS) is 17.8. The number of nitrogens with one attached hydrogen (secondary N) is 2. The quantitative estimate of drug-likeness (QED) is 0.517. The fourth-order valence-corrected chi connectivity index (χ4v) is 3.57. The van der Waals surface area contributed by atoms with Gasteiger partial charge in [-0.3, -0.25) is 4.99 Å². The van der Waals surface area contributed by atoms with E-state index in [1.54, 1.807) is 7.05 Å². The molecular formula is C24H34N4O2. The Labute approximate surface area is 180 Å². The molecule has 6 heteroatoms. The minimum Gasteiger partial charge on any atom is -0.488 e. The topological polar surface area (TPSA) is 58.1 Å².